The number of rotatable bonds is 7. The van der Waals surface area contributed by atoms with Crippen molar-refractivity contribution in [3.8, 4) is 5.75 Å². The molecule has 1 saturated carbocycles. The Labute approximate surface area is 107 Å². The maximum atomic E-state index is 10.9. The molecule has 4 heteroatoms. The standard InChI is InChI=1S/C14H18N2O2/c1-10(8-16-12-4-5-12)9-18-13-6-2-11(3-7-13)14(15)17/h2-3,6-7,12,16H,1,4-5,8-9H2,(H2,15,17). The molecule has 2 rings (SSSR count). The Morgan fingerprint density at radius 1 is 1.39 bits per heavy atom. The lowest BCUT2D eigenvalue weighted by molar-refractivity contribution is 0.100. The van der Waals surface area contributed by atoms with Crippen LogP contribution in [-0.4, -0.2) is 25.1 Å². The fourth-order valence-corrected chi connectivity index (χ4v) is 1.53. The second-order valence-corrected chi connectivity index (χ2v) is 4.58. The number of carbonyl (C=O) groups is 1. The Hall–Kier alpha value is -1.81. The van der Waals surface area contributed by atoms with Crippen molar-refractivity contribution in [2.24, 2.45) is 5.73 Å². The zero-order chi connectivity index (χ0) is 13.0. The molecule has 1 aliphatic carbocycles. The van der Waals surface area contributed by atoms with E-state index in [9.17, 15) is 4.79 Å². The molecule has 0 spiro atoms. The van der Waals surface area contributed by atoms with E-state index in [0.29, 0.717) is 24.0 Å². The van der Waals surface area contributed by atoms with E-state index in [4.69, 9.17) is 10.5 Å². The predicted octanol–water partition coefficient (Wildman–Crippen LogP) is 1.47. The Balaban J connectivity index is 1.74. The zero-order valence-corrected chi connectivity index (χ0v) is 10.3. The Kier molecular flexibility index (Phi) is 3.99. The summed E-state index contributed by atoms with van der Waals surface area (Å²) in [7, 11) is 0. The van der Waals surface area contributed by atoms with Crippen LogP contribution in [0.3, 0.4) is 0 Å². The molecular weight excluding hydrogens is 228 g/mol. The number of nitrogens with two attached hydrogens (primary N) is 1. The summed E-state index contributed by atoms with van der Waals surface area (Å²) < 4.78 is 5.56. The smallest absolute Gasteiger partial charge is 0.248 e. The molecule has 18 heavy (non-hydrogen) atoms. The maximum absolute atomic E-state index is 10.9. The van der Waals surface area contributed by atoms with Crippen LogP contribution in [0.5, 0.6) is 5.75 Å². The number of hydrogen-bond acceptors (Lipinski definition) is 3. The van der Waals surface area contributed by atoms with Gasteiger partial charge in [0.05, 0.1) is 0 Å². The van der Waals surface area contributed by atoms with E-state index in [1.165, 1.54) is 12.8 Å². The van der Waals surface area contributed by atoms with Crippen molar-refractivity contribution in [2.45, 2.75) is 18.9 Å². The van der Waals surface area contributed by atoms with E-state index in [-0.39, 0.29) is 0 Å². The Bertz CT molecular complexity index is 436. The highest BCUT2D eigenvalue weighted by atomic mass is 16.5. The van der Waals surface area contributed by atoms with Crippen LogP contribution in [0.25, 0.3) is 0 Å². The molecule has 0 aliphatic heterocycles. The average molecular weight is 246 g/mol. The molecule has 1 aromatic rings. The van der Waals surface area contributed by atoms with E-state index in [0.717, 1.165) is 12.1 Å². The van der Waals surface area contributed by atoms with Crippen LogP contribution in [0.4, 0.5) is 0 Å². The lowest BCUT2D eigenvalue weighted by atomic mass is 10.2. The van der Waals surface area contributed by atoms with E-state index in [1.54, 1.807) is 24.3 Å². The number of carbonyl (C=O) groups excluding carboxylic acids is 1. The minimum absolute atomic E-state index is 0.431. The Morgan fingerprint density at radius 2 is 2.06 bits per heavy atom. The van der Waals surface area contributed by atoms with Crippen LogP contribution in [0.1, 0.15) is 23.2 Å². The van der Waals surface area contributed by atoms with Gasteiger partial charge in [-0.2, -0.15) is 0 Å². The number of hydrogen-bond donors (Lipinski definition) is 2. The lowest BCUT2D eigenvalue weighted by Gasteiger charge is -2.09. The quantitative estimate of drug-likeness (QED) is 0.716. The molecule has 1 aromatic carbocycles. The van der Waals surface area contributed by atoms with Crippen molar-refractivity contribution >= 4 is 5.91 Å². The number of ether oxygens (including phenoxy) is 1. The van der Waals surface area contributed by atoms with Gasteiger partial charge in [-0.15, -0.1) is 0 Å². The second kappa shape index (κ2) is 5.69. The van der Waals surface area contributed by atoms with Crippen molar-refractivity contribution in [3.05, 3.63) is 42.0 Å². The molecular formula is C14H18N2O2. The molecule has 0 atom stereocenters. The van der Waals surface area contributed by atoms with Crippen LogP contribution >= 0.6 is 0 Å². The highest BCUT2D eigenvalue weighted by Crippen LogP contribution is 2.18. The van der Waals surface area contributed by atoms with Crippen molar-refractivity contribution in [1.29, 1.82) is 0 Å². The van der Waals surface area contributed by atoms with E-state index in [2.05, 4.69) is 11.9 Å². The van der Waals surface area contributed by atoms with Gasteiger partial charge in [0.15, 0.2) is 0 Å². The summed E-state index contributed by atoms with van der Waals surface area (Å²) in [6.07, 6.45) is 2.53. The molecule has 3 N–H and O–H groups in total. The van der Waals surface area contributed by atoms with Gasteiger partial charge < -0.3 is 15.8 Å². The zero-order valence-electron chi connectivity index (χ0n) is 10.3. The summed E-state index contributed by atoms with van der Waals surface area (Å²) in [5, 5.41) is 3.38. The highest BCUT2D eigenvalue weighted by Gasteiger charge is 2.19. The van der Waals surface area contributed by atoms with E-state index < -0.39 is 5.91 Å². The van der Waals surface area contributed by atoms with Gasteiger partial charge in [-0.25, -0.2) is 0 Å². The molecule has 0 unspecified atom stereocenters. The minimum Gasteiger partial charge on any atom is -0.489 e. The SMILES string of the molecule is C=C(CNC1CC1)COc1ccc(C(N)=O)cc1. The number of nitrogens with one attached hydrogen (secondary N) is 1. The Morgan fingerprint density at radius 3 is 2.61 bits per heavy atom. The maximum Gasteiger partial charge on any atom is 0.248 e. The molecule has 0 radical (unpaired) electrons. The van der Waals surface area contributed by atoms with Gasteiger partial charge in [0, 0.05) is 18.2 Å². The van der Waals surface area contributed by atoms with Crippen molar-refractivity contribution < 1.29 is 9.53 Å². The molecule has 96 valence electrons. The lowest BCUT2D eigenvalue weighted by Crippen LogP contribution is -2.21. The molecule has 4 nitrogen and oxygen atoms in total. The number of benzene rings is 1. The third-order valence-corrected chi connectivity index (χ3v) is 2.80. The van der Waals surface area contributed by atoms with Gasteiger partial charge in [-0.3, -0.25) is 4.79 Å². The molecule has 1 aliphatic rings. The van der Waals surface area contributed by atoms with Crippen LogP contribution in [0.15, 0.2) is 36.4 Å². The first kappa shape index (κ1) is 12.6. The van der Waals surface area contributed by atoms with Crippen molar-refractivity contribution in [2.75, 3.05) is 13.2 Å². The normalized spacial score (nSPS) is 14.2. The van der Waals surface area contributed by atoms with Gasteiger partial charge in [0.25, 0.3) is 0 Å². The summed E-state index contributed by atoms with van der Waals surface area (Å²) >= 11 is 0. The fraction of sp³-hybridized carbons (Fsp3) is 0.357. The van der Waals surface area contributed by atoms with Crippen molar-refractivity contribution in [1.82, 2.24) is 5.32 Å². The van der Waals surface area contributed by atoms with Gasteiger partial charge in [0.2, 0.25) is 5.91 Å². The number of primary amides is 1. The summed E-state index contributed by atoms with van der Waals surface area (Å²) in [6.45, 7) is 5.23. The van der Waals surface area contributed by atoms with Gasteiger partial charge in [0.1, 0.15) is 12.4 Å². The van der Waals surface area contributed by atoms with Gasteiger partial charge >= 0.3 is 0 Å². The van der Waals surface area contributed by atoms with E-state index >= 15 is 0 Å². The molecule has 0 aromatic heterocycles. The molecule has 0 saturated heterocycles. The minimum atomic E-state index is -0.431. The van der Waals surface area contributed by atoms with Crippen LogP contribution < -0.4 is 15.8 Å². The number of amides is 1. The van der Waals surface area contributed by atoms with Crippen LogP contribution in [0, 0.1) is 0 Å². The van der Waals surface area contributed by atoms with E-state index in [1.807, 2.05) is 0 Å². The van der Waals surface area contributed by atoms with Gasteiger partial charge in [-0.05, 0) is 42.7 Å². The van der Waals surface area contributed by atoms with Crippen LogP contribution in [0.2, 0.25) is 0 Å². The largest absolute Gasteiger partial charge is 0.489 e. The topological polar surface area (TPSA) is 64.3 Å². The molecule has 1 amide bonds. The van der Waals surface area contributed by atoms with Gasteiger partial charge in [-0.1, -0.05) is 6.58 Å². The second-order valence-electron chi connectivity index (χ2n) is 4.58. The first-order chi connectivity index (χ1) is 8.65. The third-order valence-electron chi connectivity index (χ3n) is 2.80. The average Bonchev–Trinajstić information content (AvgIpc) is 3.18. The van der Waals surface area contributed by atoms with Crippen LogP contribution in [-0.2, 0) is 0 Å². The molecule has 1 fully saturated rings. The molecule has 0 heterocycles. The summed E-state index contributed by atoms with van der Waals surface area (Å²) in [5.74, 6) is 0.284. The first-order valence-corrected chi connectivity index (χ1v) is 6.08. The fourth-order valence-electron chi connectivity index (χ4n) is 1.53. The summed E-state index contributed by atoms with van der Waals surface area (Å²) in [6, 6.07) is 7.46. The predicted molar refractivity (Wildman–Crippen MR) is 70.6 cm³/mol. The molecule has 0 bridgehead atoms. The van der Waals surface area contributed by atoms with Crippen molar-refractivity contribution in [3.63, 3.8) is 0 Å². The third kappa shape index (κ3) is 3.89. The monoisotopic (exact) mass is 246 g/mol. The highest BCUT2D eigenvalue weighted by molar-refractivity contribution is 5.92. The summed E-state index contributed by atoms with van der Waals surface area (Å²) in [4.78, 5) is 10.9. The first-order valence-electron chi connectivity index (χ1n) is 6.08. The summed E-state index contributed by atoms with van der Waals surface area (Å²) in [5.41, 5.74) is 6.66.